The van der Waals surface area contributed by atoms with Gasteiger partial charge < -0.3 is 20.1 Å². The number of hydrogen-bond acceptors (Lipinski definition) is 6. The summed E-state index contributed by atoms with van der Waals surface area (Å²) in [4.78, 5) is 24.9. The van der Waals surface area contributed by atoms with Crippen molar-refractivity contribution in [3.8, 4) is 12.3 Å². The number of aliphatic hydroxyl groups excluding tert-OH is 2. The maximum absolute atomic E-state index is 11.9. The molecular weight excluding hydrogens is 268 g/mol. The Morgan fingerprint density at radius 2 is 2.25 bits per heavy atom. The summed E-state index contributed by atoms with van der Waals surface area (Å²) >= 11 is 0. The Morgan fingerprint density at radius 1 is 1.60 bits per heavy atom. The van der Waals surface area contributed by atoms with Crippen molar-refractivity contribution in [3.05, 3.63) is 33.1 Å². The predicted molar refractivity (Wildman–Crippen MR) is 66.7 cm³/mol. The Balaban J connectivity index is 2.70. The predicted octanol–water partition coefficient (Wildman–Crippen LogP) is -2.67. The van der Waals surface area contributed by atoms with E-state index in [1.807, 2.05) is 4.98 Å². The van der Waals surface area contributed by atoms with Gasteiger partial charge in [0.15, 0.2) is 5.60 Å². The highest BCUT2D eigenvalue weighted by Crippen LogP contribution is 2.42. The summed E-state index contributed by atoms with van der Waals surface area (Å²) in [5.74, 6) is 2.14. The highest BCUT2D eigenvalue weighted by Gasteiger charge is 2.63. The minimum atomic E-state index is -2.04. The molecule has 0 unspecified atom stereocenters. The Bertz CT molecular complexity index is 670. The molecule has 0 amide bonds. The molecule has 0 aromatic carbocycles. The van der Waals surface area contributed by atoms with Gasteiger partial charge in [-0.05, 0) is 12.8 Å². The normalized spacial score (nSPS) is 36.8. The molecule has 0 aliphatic carbocycles. The molecule has 0 spiro atoms. The van der Waals surface area contributed by atoms with Crippen LogP contribution in [0.1, 0.15) is 6.92 Å². The van der Waals surface area contributed by atoms with Crippen LogP contribution in [-0.2, 0) is 10.5 Å². The van der Waals surface area contributed by atoms with E-state index in [0.717, 1.165) is 16.8 Å². The molecule has 108 valence electrons. The SMILES string of the molecule is C#C[C@@]1(n2ccc(=O)[nH]c2=O)O[C@H](CO)[C@@H](O)[C@@]1(C)O. The number of terminal acetylenes is 1. The molecule has 4 atom stereocenters. The maximum Gasteiger partial charge on any atom is 0.331 e. The molecule has 4 N–H and O–H groups in total. The van der Waals surface area contributed by atoms with Crippen LogP contribution >= 0.6 is 0 Å². The van der Waals surface area contributed by atoms with Crippen LogP contribution in [0.2, 0.25) is 0 Å². The lowest BCUT2D eigenvalue weighted by Gasteiger charge is -2.35. The van der Waals surface area contributed by atoms with E-state index in [1.165, 1.54) is 6.92 Å². The number of aromatic nitrogens is 2. The summed E-state index contributed by atoms with van der Waals surface area (Å²) in [6.45, 7) is 0.587. The number of aromatic amines is 1. The first-order valence-corrected chi connectivity index (χ1v) is 5.79. The fraction of sp³-hybridized carbons (Fsp3) is 0.500. The highest BCUT2D eigenvalue weighted by atomic mass is 16.6. The molecule has 1 fully saturated rings. The topological polar surface area (TPSA) is 125 Å². The molecule has 1 aromatic rings. The molecule has 1 saturated heterocycles. The first kappa shape index (κ1) is 14.5. The van der Waals surface area contributed by atoms with Gasteiger partial charge in [-0.15, -0.1) is 6.42 Å². The van der Waals surface area contributed by atoms with Gasteiger partial charge in [-0.1, -0.05) is 0 Å². The van der Waals surface area contributed by atoms with Gasteiger partial charge in [0, 0.05) is 12.3 Å². The van der Waals surface area contributed by atoms with Gasteiger partial charge in [0.1, 0.15) is 12.2 Å². The summed E-state index contributed by atoms with van der Waals surface area (Å²) in [5, 5.41) is 29.6. The molecule has 1 aliphatic heterocycles. The molecule has 20 heavy (non-hydrogen) atoms. The average molecular weight is 282 g/mol. The van der Waals surface area contributed by atoms with Gasteiger partial charge in [0.25, 0.3) is 5.56 Å². The Labute approximate surface area is 113 Å². The molecule has 8 heteroatoms. The second-order valence-electron chi connectivity index (χ2n) is 4.70. The third kappa shape index (κ3) is 1.72. The third-order valence-corrected chi connectivity index (χ3v) is 3.47. The minimum Gasteiger partial charge on any atom is -0.394 e. The van der Waals surface area contributed by atoms with Crippen molar-refractivity contribution < 1.29 is 20.1 Å². The summed E-state index contributed by atoms with van der Waals surface area (Å²) in [5.41, 5.74) is -5.63. The quantitative estimate of drug-likeness (QED) is 0.438. The fourth-order valence-corrected chi connectivity index (χ4v) is 2.32. The zero-order valence-electron chi connectivity index (χ0n) is 10.6. The number of H-pyrrole nitrogens is 1. The zero-order chi connectivity index (χ0) is 15.1. The molecule has 0 bridgehead atoms. The van der Waals surface area contributed by atoms with E-state index in [-0.39, 0.29) is 0 Å². The van der Waals surface area contributed by atoms with Crippen LogP contribution in [0.5, 0.6) is 0 Å². The first-order valence-electron chi connectivity index (χ1n) is 5.79. The van der Waals surface area contributed by atoms with E-state index in [4.69, 9.17) is 16.3 Å². The number of ether oxygens (including phenoxy) is 1. The van der Waals surface area contributed by atoms with Crippen molar-refractivity contribution in [2.75, 3.05) is 6.61 Å². The fourth-order valence-electron chi connectivity index (χ4n) is 2.32. The number of hydrogen-bond donors (Lipinski definition) is 4. The van der Waals surface area contributed by atoms with E-state index in [1.54, 1.807) is 0 Å². The number of nitrogens with zero attached hydrogens (tertiary/aromatic N) is 1. The first-order chi connectivity index (χ1) is 9.30. The molecule has 1 aromatic heterocycles. The van der Waals surface area contributed by atoms with Gasteiger partial charge in [-0.25, -0.2) is 4.79 Å². The molecule has 0 saturated carbocycles. The average Bonchev–Trinajstić information content (AvgIpc) is 2.59. The Hall–Kier alpha value is -1.92. The summed E-state index contributed by atoms with van der Waals surface area (Å²) in [6, 6.07) is 1.03. The second kappa shape index (κ2) is 4.57. The van der Waals surface area contributed by atoms with Gasteiger partial charge >= 0.3 is 5.69 Å². The molecule has 8 nitrogen and oxygen atoms in total. The summed E-state index contributed by atoms with van der Waals surface area (Å²) in [6.07, 6.45) is 3.76. The molecular formula is C12H14N2O6. The minimum absolute atomic E-state index is 0.598. The second-order valence-corrected chi connectivity index (χ2v) is 4.70. The van der Waals surface area contributed by atoms with E-state index in [9.17, 15) is 19.8 Å². The van der Waals surface area contributed by atoms with E-state index < -0.39 is 41.4 Å². The van der Waals surface area contributed by atoms with Gasteiger partial charge in [-0.3, -0.25) is 14.3 Å². The van der Waals surface area contributed by atoms with Crippen molar-refractivity contribution in [3.63, 3.8) is 0 Å². The Kier molecular flexibility index (Phi) is 3.31. The third-order valence-electron chi connectivity index (χ3n) is 3.47. The molecule has 2 heterocycles. The monoisotopic (exact) mass is 282 g/mol. The van der Waals surface area contributed by atoms with Crippen molar-refractivity contribution in [2.45, 2.75) is 30.5 Å². The lowest BCUT2D eigenvalue weighted by atomic mass is 9.88. The van der Waals surface area contributed by atoms with E-state index in [2.05, 4.69) is 5.92 Å². The molecule has 2 rings (SSSR count). The van der Waals surface area contributed by atoms with Crippen LogP contribution < -0.4 is 11.2 Å². The van der Waals surface area contributed by atoms with Crippen LogP contribution in [0.4, 0.5) is 0 Å². The van der Waals surface area contributed by atoms with Crippen LogP contribution in [0.15, 0.2) is 21.9 Å². The van der Waals surface area contributed by atoms with Gasteiger partial charge in [0.05, 0.1) is 6.61 Å². The van der Waals surface area contributed by atoms with E-state index in [0.29, 0.717) is 0 Å². The zero-order valence-corrected chi connectivity index (χ0v) is 10.6. The summed E-state index contributed by atoms with van der Waals surface area (Å²) in [7, 11) is 0. The molecule has 1 aliphatic rings. The number of nitrogens with one attached hydrogen (secondary N) is 1. The summed E-state index contributed by atoms with van der Waals surface area (Å²) < 4.78 is 6.14. The highest BCUT2D eigenvalue weighted by molar-refractivity contribution is 5.21. The van der Waals surface area contributed by atoms with Crippen LogP contribution in [0.3, 0.4) is 0 Å². The standard InChI is InChI=1S/C12H14N2O6/c1-3-12(14-5-4-8(16)13-10(14)18)11(2,19)9(17)7(6-15)20-12/h1,4-5,7,9,15,17,19H,6H2,2H3,(H,13,16,18)/t7-,9-,11-,12-/m1/s1. The Morgan fingerprint density at radius 3 is 2.70 bits per heavy atom. The molecule has 0 radical (unpaired) electrons. The number of aliphatic hydroxyl groups is 3. The van der Waals surface area contributed by atoms with Gasteiger partial charge in [0.2, 0.25) is 5.72 Å². The van der Waals surface area contributed by atoms with Crippen molar-refractivity contribution in [1.29, 1.82) is 0 Å². The lowest BCUT2D eigenvalue weighted by molar-refractivity contribution is -0.150. The van der Waals surface area contributed by atoms with Crippen molar-refractivity contribution in [1.82, 2.24) is 9.55 Å². The van der Waals surface area contributed by atoms with Crippen molar-refractivity contribution in [2.24, 2.45) is 0 Å². The maximum atomic E-state index is 11.9. The van der Waals surface area contributed by atoms with E-state index >= 15 is 0 Å². The van der Waals surface area contributed by atoms with Crippen LogP contribution in [0, 0.1) is 12.3 Å². The lowest BCUT2D eigenvalue weighted by Crippen LogP contribution is -2.58. The van der Waals surface area contributed by atoms with Crippen LogP contribution in [0.25, 0.3) is 0 Å². The number of rotatable bonds is 2. The largest absolute Gasteiger partial charge is 0.394 e. The smallest absolute Gasteiger partial charge is 0.331 e. The van der Waals surface area contributed by atoms with Crippen molar-refractivity contribution >= 4 is 0 Å². The van der Waals surface area contributed by atoms with Crippen LogP contribution in [-0.4, -0.2) is 49.3 Å². The van der Waals surface area contributed by atoms with Gasteiger partial charge in [-0.2, -0.15) is 0 Å².